The molecule has 0 aliphatic heterocycles. The zero-order chi connectivity index (χ0) is 10.6. The maximum absolute atomic E-state index is 11.6. The van der Waals surface area contributed by atoms with Crippen molar-refractivity contribution in [2.24, 2.45) is 5.73 Å². The van der Waals surface area contributed by atoms with Crippen molar-refractivity contribution >= 4 is 29.7 Å². The van der Waals surface area contributed by atoms with Gasteiger partial charge in [0.2, 0.25) is 5.91 Å². The highest BCUT2D eigenvalue weighted by atomic mass is 35.5. The number of nitrogens with two attached hydrogens (primary N) is 1. The van der Waals surface area contributed by atoms with Crippen LogP contribution in [0.2, 0.25) is 0 Å². The van der Waals surface area contributed by atoms with Crippen molar-refractivity contribution in [2.45, 2.75) is 25.9 Å². The summed E-state index contributed by atoms with van der Waals surface area (Å²) in [6.07, 6.45) is 0.688. The van der Waals surface area contributed by atoms with Gasteiger partial charge in [-0.1, -0.05) is 13.0 Å². The van der Waals surface area contributed by atoms with Crippen molar-refractivity contribution in [3.8, 4) is 0 Å². The molecule has 1 atom stereocenters. The first-order valence-corrected chi connectivity index (χ1v) is 5.56. The van der Waals surface area contributed by atoms with Gasteiger partial charge in [-0.25, -0.2) is 0 Å². The van der Waals surface area contributed by atoms with Gasteiger partial charge in [-0.05, 0) is 17.9 Å². The van der Waals surface area contributed by atoms with Crippen LogP contribution in [-0.4, -0.2) is 23.9 Å². The molecule has 1 rings (SSSR count). The Morgan fingerprint density at radius 3 is 2.80 bits per heavy atom. The van der Waals surface area contributed by atoms with E-state index in [9.17, 15) is 4.79 Å². The maximum Gasteiger partial charge on any atom is 0.239 e. The number of hydrogen-bond donors (Lipinski definition) is 1. The van der Waals surface area contributed by atoms with Crippen molar-refractivity contribution in [3.63, 3.8) is 0 Å². The summed E-state index contributed by atoms with van der Waals surface area (Å²) in [4.78, 5) is 14.5. The van der Waals surface area contributed by atoms with E-state index in [0.717, 1.165) is 0 Å². The molecule has 1 aromatic rings. The Morgan fingerprint density at radius 2 is 2.33 bits per heavy atom. The summed E-state index contributed by atoms with van der Waals surface area (Å²) in [5.74, 6) is 0.0147. The fraction of sp³-hybridized carbons (Fsp3) is 0.500. The van der Waals surface area contributed by atoms with E-state index in [2.05, 4.69) is 0 Å². The van der Waals surface area contributed by atoms with Gasteiger partial charge in [0.15, 0.2) is 0 Å². The van der Waals surface area contributed by atoms with E-state index in [1.54, 1.807) is 23.3 Å². The van der Waals surface area contributed by atoms with Crippen molar-refractivity contribution < 1.29 is 4.79 Å². The van der Waals surface area contributed by atoms with E-state index in [-0.39, 0.29) is 24.4 Å². The molecule has 86 valence electrons. The first kappa shape index (κ1) is 14.4. The molecule has 0 saturated heterocycles. The molecular formula is C10H17ClN2OS. The van der Waals surface area contributed by atoms with Gasteiger partial charge in [0.25, 0.3) is 0 Å². The zero-order valence-corrected chi connectivity index (χ0v) is 10.6. The lowest BCUT2D eigenvalue weighted by atomic mass is 10.2. The molecule has 0 saturated carbocycles. The number of hydrogen-bond acceptors (Lipinski definition) is 3. The van der Waals surface area contributed by atoms with E-state index in [1.165, 1.54) is 4.88 Å². The second-order valence-electron chi connectivity index (χ2n) is 3.29. The van der Waals surface area contributed by atoms with Crippen molar-refractivity contribution in [2.75, 3.05) is 7.05 Å². The van der Waals surface area contributed by atoms with Gasteiger partial charge < -0.3 is 10.6 Å². The minimum atomic E-state index is -0.361. The van der Waals surface area contributed by atoms with Gasteiger partial charge in [0.05, 0.1) is 12.6 Å². The third-order valence-electron chi connectivity index (χ3n) is 2.11. The number of rotatable bonds is 4. The highest BCUT2D eigenvalue weighted by molar-refractivity contribution is 7.09. The Morgan fingerprint density at radius 1 is 1.67 bits per heavy atom. The molecule has 0 aliphatic rings. The van der Waals surface area contributed by atoms with Crippen LogP contribution < -0.4 is 5.73 Å². The Bertz CT molecular complexity index is 290. The summed E-state index contributed by atoms with van der Waals surface area (Å²) in [7, 11) is 1.79. The van der Waals surface area contributed by atoms with Crippen LogP contribution in [0.3, 0.4) is 0 Å². The minimum absolute atomic E-state index is 0. The van der Waals surface area contributed by atoms with Gasteiger partial charge in [0.1, 0.15) is 0 Å². The predicted octanol–water partition coefficient (Wildman–Crippen LogP) is 1.87. The maximum atomic E-state index is 11.6. The Hall–Kier alpha value is -0.580. The number of likely N-dealkylation sites (N-methyl/N-ethyl adjacent to an activating group) is 1. The molecule has 0 aromatic carbocycles. The van der Waals surface area contributed by atoms with Crippen LogP contribution in [0.1, 0.15) is 18.2 Å². The number of carbonyl (C=O) groups is 1. The standard InChI is InChI=1S/C10H16N2OS.ClH/c1-3-9(11)10(13)12(2)7-8-5-4-6-14-8;/h4-6,9H,3,7,11H2,1-2H3;1H/t9-;/m0./s1. The average molecular weight is 249 g/mol. The first-order chi connectivity index (χ1) is 6.65. The van der Waals surface area contributed by atoms with Gasteiger partial charge in [-0.2, -0.15) is 0 Å². The molecule has 1 aromatic heterocycles. The van der Waals surface area contributed by atoms with E-state index in [4.69, 9.17) is 5.73 Å². The molecule has 1 heterocycles. The third kappa shape index (κ3) is 4.20. The van der Waals surface area contributed by atoms with Crippen LogP contribution in [-0.2, 0) is 11.3 Å². The van der Waals surface area contributed by atoms with E-state index >= 15 is 0 Å². The van der Waals surface area contributed by atoms with Crippen LogP contribution in [0.4, 0.5) is 0 Å². The third-order valence-corrected chi connectivity index (χ3v) is 2.97. The fourth-order valence-corrected chi connectivity index (χ4v) is 1.93. The molecule has 3 nitrogen and oxygen atoms in total. The van der Waals surface area contributed by atoms with E-state index < -0.39 is 0 Å². The number of thiophene rings is 1. The summed E-state index contributed by atoms with van der Waals surface area (Å²) in [5, 5.41) is 2.01. The largest absolute Gasteiger partial charge is 0.339 e. The summed E-state index contributed by atoms with van der Waals surface area (Å²) in [5.41, 5.74) is 5.66. The smallest absolute Gasteiger partial charge is 0.239 e. The lowest BCUT2D eigenvalue weighted by molar-refractivity contribution is -0.131. The van der Waals surface area contributed by atoms with Crippen molar-refractivity contribution in [1.82, 2.24) is 4.90 Å². The number of halogens is 1. The molecule has 15 heavy (non-hydrogen) atoms. The summed E-state index contributed by atoms with van der Waals surface area (Å²) in [6.45, 7) is 2.58. The number of carbonyl (C=O) groups excluding carboxylic acids is 1. The summed E-state index contributed by atoms with van der Waals surface area (Å²) >= 11 is 1.65. The Labute approximate surface area is 101 Å². The van der Waals surface area contributed by atoms with Crippen LogP contribution in [0.25, 0.3) is 0 Å². The Kier molecular flexibility index (Phi) is 6.56. The normalized spacial score (nSPS) is 11.7. The molecule has 0 fully saturated rings. The fourth-order valence-electron chi connectivity index (χ4n) is 1.17. The molecule has 2 N–H and O–H groups in total. The van der Waals surface area contributed by atoms with Crippen molar-refractivity contribution in [1.29, 1.82) is 0 Å². The number of amides is 1. The van der Waals surface area contributed by atoms with Gasteiger partial charge >= 0.3 is 0 Å². The van der Waals surface area contributed by atoms with Gasteiger partial charge in [-0.15, -0.1) is 23.7 Å². The first-order valence-electron chi connectivity index (χ1n) is 4.68. The monoisotopic (exact) mass is 248 g/mol. The molecular weight excluding hydrogens is 232 g/mol. The second kappa shape index (κ2) is 6.82. The molecule has 0 unspecified atom stereocenters. The topological polar surface area (TPSA) is 46.3 Å². The average Bonchev–Trinajstić information content (AvgIpc) is 2.68. The lowest BCUT2D eigenvalue weighted by Crippen LogP contribution is -2.40. The van der Waals surface area contributed by atoms with E-state index in [1.807, 2.05) is 24.4 Å². The Balaban J connectivity index is 0.00000196. The quantitative estimate of drug-likeness (QED) is 0.884. The molecule has 0 bridgehead atoms. The highest BCUT2D eigenvalue weighted by Crippen LogP contribution is 2.11. The van der Waals surface area contributed by atoms with Gasteiger partial charge in [0, 0.05) is 11.9 Å². The minimum Gasteiger partial charge on any atom is -0.339 e. The van der Waals surface area contributed by atoms with Gasteiger partial charge in [-0.3, -0.25) is 4.79 Å². The zero-order valence-electron chi connectivity index (χ0n) is 8.97. The molecule has 0 spiro atoms. The molecule has 0 radical (unpaired) electrons. The summed E-state index contributed by atoms with van der Waals surface area (Å²) in [6, 6.07) is 3.64. The van der Waals surface area contributed by atoms with Crippen LogP contribution in [0, 0.1) is 0 Å². The highest BCUT2D eigenvalue weighted by Gasteiger charge is 2.16. The SMILES string of the molecule is CC[C@H](N)C(=O)N(C)Cc1cccs1.Cl. The van der Waals surface area contributed by atoms with Crippen LogP contribution in [0.15, 0.2) is 17.5 Å². The van der Waals surface area contributed by atoms with Crippen molar-refractivity contribution in [3.05, 3.63) is 22.4 Å². The van der Waals surface area contributed by atoms with E-state index in [0.29, 0.717) is 13.0 Å². The molecule has 5 heteroatoms. The van der Waals surface area contributed by atoms with Crippen LogP contribution >= 0.6 is 23.7 Å². The predicted molar refractivity (Wildman–Crippen MR) is 66.3 cm³/mol. The molecule has 0 aliphatic carbocycles. The summed E-state index contributed by atoms with van der Waals surface area (Å²) < 4.78 is 0. The number of nitrogens with zero attached hydrogens (tertiary/aromatic N) is 1. The molecule has 1 amide bonds. The lowest BCUT2D eigenvalue weighted by Gasteiger charge is -2.19. The second-order valence-corrected chi connectivity index (χ2v) is 4.32. The van der Waals surface area contributed by atoms with Crippen LogP contribution in [0.5, 0.6) is 0 Å².